The van der Waals surface area contributed by atoms with Crippen molar-refractivity contribution in [3.63, 3.8) is 0 Å². The Morgan fingerprint density at radius 2 is 1.78 bits per heavy atom. The number of hydrogen-bond donors (Lipinski definition) is 1. The number of aromatic nitrogens is 2. The SMILES string of the molecule is CCc1ncc(CN[C@@H]2CCCN(Cc3ccc(CC(C)C)cc3)C2)cn1. The molecule has 0 amide bonds. The summed E-state index contributed by atoms with van der Waals surface area (Å²) in [6.07, 6.45) is 8.48. The summed E-state index contributed by atoms with van der Waals surface area (Å²) in [7, 11) is 0. The third kappa shape index (κ3) is 6.40. The van der Waals surface area contributed by atoms with E-state index in [9.17, 15) is 0 Å². The van der Waals surface area contributed by atoms with Crippen molar-refractivity contribution in [3.05, 3.63) is 59.2 Å². The highest BCUT2D eigenvalue weighted by molar-refractivity contribution is 5.23. The van der Waals surface area contributed by atoms with E-state index in [1.54, 1.807) is 0 Å². The fourth-order valence-electron chi connectivity index (χ4n) is 3.79. The van der Waals surface area contributed by atoms with Crippen LogP contribution in [-0.2, 0) is 25.9 Å². The van der Waals surface area contributed by atoms with Gasteiger partial charge in [-0.05, 0) is 42.9 Å². The van der Waals surface area contributed by atoms with Crippen LogP contribution in [0.3, 0.4) is 0 Å². The average molecular weight is 367 g/mol. The van der Waals surface area contributed by atoms with E-state index in [1.807, 2.05) is 12.4 Å². The van der Waals surface area contributed by atoms with E-state index in [-0.39, 0.29) is 0 Å². The minimum atomic E-state index is 0.546. The molecule has 1 aliphatic heterocycles. The molecule has 146 valence electrons. The van der Waals surface area contributed by atoms with Gasteiger partial charge in [0.2, 0.25) is 0 Å². The lowest BCUT2D eigenvalue weighted by atomic mass is 10.0. The van der Waals surface area contributed by atoms with Crippen LogP contribution in [0.2, 0.25) is 0 Å². The van der Waals surface area contributed by atoms with Gasteiger partial charge < -0.3 is 5.32 Å². The van der Waals surface area contributed by atoms with Crippen LogP contribution in [0.15, 0.2) is 36.7 Å². The molecule has 0 bridgehead atoms. The van der Waals surface area contributed by atoms with Crippen LogP contribution in [0.4, 0.5) is 0 Å². The maximum absolute atomic E-state index is 4.40. The molecule has 1 aromatic carbocycles. The summed E-state index contributed by atoms with van der Waals surface area (Å²) >= 11 is 0. The molecule has 0 aliphatic carbocycles. The van der Waals surface area contributed by atoms with Crippen LogP contribution in [0, 0.1) is 5.92 Å². The van der Waals surface area contributed by atoms with Gasteiger partial charge in [-0.15, -0.1) is 0 Å². The maximum Gasteiger partial charge on any atom is 0.127 e. The molecule has 3 rings (SSSR count). The lowest BCUT2D eigenvalue weighted by Gasteiger charge is -2.33. The molecule has 0 spiro atoms. The maximum atomic E-state index is 4.40. The molecule has 1 aromatic heterocycles. The molecule has 1 aliphatic rings. The minimum absolute atomic E-state index is 0.546. The van der Waals surface area contributed by atoms with E-state index in [2.05, 4.69) is 65.2 Å². The van der Waals surface area contributed by atoms with Gasteiger partial charge in [0.15, 0.2) is 0 Å². The summed E-state index contributed by atoms with van der Waals surface area (Å²) in [4.78, 5) is 11.4. The monoisotopic (exact) mass is 366 g/mol. The average Bonchev–Trinajstić information content (AvgIpc) is 2.68. The molecule has 1 saturated heterocycles. The number of rotatable bonds is 8. The number of nitrogens with one attached hydrogen (secondary N) is 1. The first-order chi connectivity index (χ1) is 13.1. The van der Waals surface area contributed by atoms with Crippen molar-refractivity contribution >= 4 is 0 Å². The Morgan fingerprint density at radius 1 is 1.07 bits per heavy atom. The van der Waals surface area contributed by atoms with Gasteiger partial charge in [0.25, 0.3) is 0 Å². The first-order valence-corrected chi connectivity index (χ1v) is 10.5. The predicted molar refractivity (Wildman–Crippen MR) is 112 cm³/mol. The summed E-state index contributed by atoms with van der Waals surface area (Å²) in [6.45, 7) is 10.8. The van der Waals surface area contributed by atoms with Gasteiger partial charge in [-0.2, -0.15) is 0 Å². The smallest absolute Gasteiger partial charge is 0.127 e. The van der Waals surface area contributed by atoms with E-state index in [0.717, 1.165) is 31.9 Å². The Labute approximate surface area is 164 Å². The van der Waals surface area contributed by atoms with Gasteiger partial charge in [-0.1, -0.05) is 45.0 Å². The quantitative estimate of drug-likeness (QED) is 0.767. The molecule has 4 nitrogen and oxygen atoms in total. The van der Waals surface area contributed by atoms with E-state index in [0.29, 0.717) is 12.0 Å². The topological polar surface area (TPSA) is 41.1 Å². The second-order valence-corrected chi connectivity index (χ2v) is 8.23. The largest absolute Gasteiger partial charge is 0.309 e. The number of likely N-dealkylation sites (tertiary alicyclic amines) is 1. The van der Waals surface area contributed by atoms with Crippen molar-refractivity contribution in [1.29, 1.82) is 0 Å². The standard InChI is InChI=1S/C23H34N4/c1-4-23-25-14-21(15-26-23)13-24-22-6-5-11-27(17-22)16-20-9-7-19(8-10-20)12-18(2)3/h7-10,14-15,18,22,24H,4-6,11-13,16-17H2,1-3H3/t22-/m1/s1. The van der Waals surface area contributed by atoms with Gasteiger partial charge in [-0.3, -0.25) is 4.90 Å². The molecule has 4 heteroatoms. The number of aryl methyl sites for hydroxylation is 1. The molecule has 1 fully saturated rings. The molecule has 0 radical (unpaired) electrons. The highest BCUT2D eigenvalue weighted by atomic mass is 15.2. The molecule has 1 atom stereocenters. The van der Waals surface area contributed by atoms with Crippen LogP contribution >= 0.6 is 0 Å². The minimum Gasteiger partial charge on any atom is -0.309 e. The normalized spacial score (nSPS) is 18.1. The Bertz CT molecular complexity index is 679. The van der Waals surface area contributed by atoms with Crippen LogP contribution in [0.25, 0.3) is 0 Å². The van der Waals surface area contributed by atoms with Gasteiger partial charge in [0.05, 0.1) is 0 Å². The molecule has 27 heavy (non-hydrogen) atoms. The number of nitrogens with zero attached hydrogens (tertiary/aromatic N) is 3. The zero-order valence-electron chi connectivity index (χ0n) is 17.1. The van der Waals surface area contributed by atoms with E-state index in [4.69, 9.17) is 0 Å². The second-order valence-electron chi connectivity index (χ2n) is 8.23. The Morgan fingerprint density at radius 3 is 2.44 bits per heavy atom. The summed E-state index contributed by atoms with van der Waals surface area (Å²) < 4.78 is 0. The summed E-state index contributed by atoms with van der Waals surface area (Å²) in [5.41, 5.74) is 4.04. The third-order valence-corrected chi connectivity index (χ3v) is 5.25. The lowest BCUT2D eigenvalue weighted by Crippen LogP contribution is -2.45. The van der Waals surface area contributed by atoms with E-state index in [1.165, 1.54) is 42.5 Å². The van der Waals surface area contributed by atoms with Crippen molar-refractivity contribution in [2.45, 2.75) is 65.6 Å². The van der Waals surface area contributed by atoms with Gasteiger partial charge in [0, 0.05) is 50.1 Å². The first kappa shape index (κ1) is 20.0. The van der Waals surface area contributed by atoms with Crippen molar-refractivity contribution in [1.82, 2.24) is 20.2 Å². The Kier molecular flexibility index (Phi) is 7.36. The molecule has 1 N–H and O–H groups in total. The van der Waals surface area contributed by atoms with E-state index < -0.39 is 0 Å². The molecule has 2 aromatic rings. The van der Waals surface area contributed by atoms with Crippen molar-refractivity contribution in [2.75, 3.05) is 13.1 Å². The van der Waals surface area contributed by atoms with Gasteiger partial charge in [-0.25, -0.2) is 9.97 Å². The van der Waals surface area contributed by atoms with E-state index >= 15 is 0 Å². The molecular formula is C23H34N4. The molecular weight excluding hydrogens is 332 g/mol. The van der Waals surface area contributed by atoms with Crippen molar-refractivity contribution in [3.8, 4) is 0 Å². The highest BCUT2D eigenvalue weighted by Crippen LogP contribution is 2.16. The third-order valence-electron chi connectivity index (χ3n) is 5.25. The van der Waals surface area contributed by atoms with Gasteiger partial charge >= 0.3 is 0 Å². The Hall–Kier alpha value is -1.78. The summed E-state index contributed by atoms with van der Waals surface area (Å²) in [5.74, 6) is 1.63. The Balaban J connectivity index is 1.47. The number of piperidine rings is 1. The summed E-state index contributed by atoms with van der Waals surface area (Å²) in [5, 5.41) is 3.70. The van der Waals surface area contributed by atoms with Crippen LogP contribution < -0.4 is 5.32 Å². The van der Waals surface area contributed by atoms with Crippen molar-refractivity contribution in [2.24, 2.45) is 5.92 Å². The summed E-state index contributed by atoms with van der Waals surface area (Å²) in [6, 6.07) is 9.76. The van der Waals surface area contributed by atoms with Crippen LogP contribution in [-0.4, -0.2) is 34.0 Å². The predicted octanol–water partition coefficient (Wildman–Crippen LogP) is 3.99. The fraction of sp³-hybridized carbons (Fsp3) is 0.565. The van der Waals surface area contributed by atoms with Crippen LogP contribution in [0.1, 0.15) is 56.1 Å². The fourth-order valence-corrected chi connectivity index (χ4v) is 3.79. The molecule has 2 heterocycles. The van der Waals surface area contributed by atoms with Crippen LogP contribution in [0.5, 0.6) is 0 Å². The zero-order valence-corrected chi connectivity index (χ0v) is 17.1. The second kappa shape index (κ2) is 9.95. The molecule has 0 unspecified atom stereocenters. The molecule has 0 saturated carbocycles. The van der Waals surface area contributed by atoms with Gasteiger partial charge in [0.1, 0.15) is 5.82 Å². The number of hydrogen-bond acceptors (Lipinski definition) is 4. The van der Waals surface area contributed by atoms with Crippen molar-refractivity contribution < 1.29 is 0 Å². The zero-order chi connectivity index (χ0) is 19.1. The number of benzene rings is 1. The first-order valence-electron chi connectivity index (χ1n) is 10.5. The lowest BCUT2D eigenvalue weighted by molar-refractivity contribution is 0.182. The highest BCUT2D eigenvalue weighted by Gasteiger charge is 2.19.